The van der Waals surface area contributed by atoms with Crippen LogP contribution in [-0.2, 0) is 4.79 Å². The first-order valence-corrected chi connectivity index (χ1v) is 9.39. The second-order valence-electron chi connectivity index (χ2n) is 7.01. The largest absolute Gasteiger partial charge is 0.326 e. The zero-order valence-electron chi connectivity index (χ0n) is 15.4. The Bertz CT molecular complexity index is 1240. The van der Waals surface area contributed by atoms with E-state index in [0.29, 0.717) is 17.0 Å². The third-order valence-electron chi connectivity index (χ3n) is 4.80. The Morgan fingerprint density at radius 2 is 1.76 bits per heavy atom. The summed E-state index contributed by atoms with van der Waals surface area (Å²) < 4.78 is 1.63. The van der Waals surface area contributed by atoms with E-state index in [1.54, 1.807) is 4.68 Å². The Morgan fingerprint density at radius 3 is 2.48 bits per heavy atom. The van der Waals surface area contributed by atoms with Crippen molar-refractivity contribution in [2.24, 2.45) is 5.92 Å². The first-order valence-electron chi connectivity index (χ1n) is 9.39. The lowest BCUT2D eigenvalue weighted by molar-refractivity contribution is -0.117. The summed E-state index contributed by atoms with van der Waals surface area (Å²) in [5.41, 5.74) is 2.50. The average molecular weight is 386 g/mol. The highest BCUT2D eigenvalue weighted by atomic mass is 16.2. The van der Waals surface area contributed by atoms with Crippen molar-refractivity contribution in [1.82, 2.24) is 19.7 Å². The number of carbonyl (C=O) groups is 1. The lowest BCUT2D eigenvalue weighted by Crippen LogP contribution is -2.13. The molecule has 8 nitrogen and oxygen atoms in total. The van der Waals surface area contributed by atoms with Crippen molar-refractivity contribution in [3.8, 4) is 5.69 Å². The molecule has 2 aromatic carbocycles. The molecule has 0 saturated heterocycles. The van der Waals surface area contributed by atoms with E-state index >= 15 is 0 Å². The van der Waals surface area contributed by atoms with Crippen molar-refractivity contribution in [2.75, 3.05) is 10.6 Å². The minimum Gasteiger partial charge on any atom is -0.326 e. The maximum Gasteiger partial charge on any atom is 0.263 e. The molecule has 2 heterocycles. The molecule has 4 aromatic rings. The van der Waals surface area contributed by atoms with Crippen LogP contribution in [0.4, 0.5) is 17.3 Å². The van der Waals surface area contributed by atoms with Crippen LogP contribution in [0.3, 0.4) is 0 Å². The van der Waals surface area contributed by atoms with Crippen LogP contribution in [0, 0.1) is 5.92 Å². The van der Waals surface area contributed by atoms with Crippen LogP contribution in [-0.4, -0.2) is 25.7 Å². The number of carbonyl (C=O) groups excluding carboxylic acids is 1. The number of hydrogen-bond donors (Lipinski definition) is 3. The molecular weight excluding hydrogens is 368 g/mol. The molecule has 0 bridgehead atoms. The second kappa shape index (κ2) is 6.90. The quantitative estimate of drug-likeness (QED) is 0.489. The molecule has 29 heavy (non-hydrogen) atoms. The third kappa shape index (κ3) is 3.47. The number of nitrogens with zero attached hydrogens (tertiary/aromatic N) is 3. The van der Waals surface area contributed by atoms with Gasteiger partial charge in [-0.3, -0.25) is 14.6 Å². The van der Waals surface area contributed by atoms with Gasteiger partial charge < -0.3 is 10.6 Å². The lowest BCUT2D eigenvalue weighted by atomic mass is 10.2. The highest BCUT2D eigenvalue weighted by Gasteiger charge is 2.29. The van der Waals surface area contributed by atoms with Gasteiger partial charge in [0.25, 0.3) is 5.56 Å². The fraction of sp³-hybridized carbons (Fsp3) is 0.143. The summed E-state index contributed by atoms with van der Waals surface area (Å²) in [5, 5.41) is 10.7. The van der Waals surface area contributed by atoms with Gasteiger partial charge in [-0.2, -0.15) is 10.1 Å². The predicted molar refractivity (Wildman–Crippen MR) is 111 cm³/mol. The molecule has 0 unspecified atom stereocenters. The van der Waals surface area contributed by atoms with Crippen molar-refractivity contribution in [3.63, 3.8) is 0 Å². The number of nitrogens with one attached hydrogen (secondary N) is 3. The summed E-state index contributed by atoms with van der Waals surface area (Å²) in [6.45, 7) is 0. The standard InChI is InChI=1S/C21H18N6O2/c28-19(13-6-7-13)23-14-8-10-15(11-9-14)24-21-25-18-17(20(29)26-21)12-22-27(18)16-4-2-1-3-5-16/h1-5,8-13H,6-7H2,(H,23,28)(H2,24,25,26,29). The summed E-state index contributed by atoms with van der Waals surface area (Å²) in [6.07, 6.45) is 3.44. The zero-order valence-corrected chi connectivity index (χ0v) is 15.4. The normalized spacial score (nSPS) is 13.4. The summed E-state index contributed by atoms with van der Waals surface area (Å²) in [4.78, 5) is 31.6. The van der Waals surface area contributed by atoms with Crippen molar-refractivity contribution in [2.45, 2.75) is 12.8 Å². The van der Waals surface area contributed by atoms with E-state index in [9.17, 15) is 9.59 Å². The molecule has 1 amide bonds. The van der Waals surface area contributed by atoms with E-state index in [0.717, 1.165) is 29.9 Å². The molecular formula is C21H18N6O2. The third-order valence-corrected chi connectivity index (χ3v) is 4.80. The summed E-state index contributed by atoms with van der Waals surface area (Å²) in [5.74, 6) is 0.537. The van der Waals surface area contributed by atoms with Gasteiger partial charge in [0, 0.05) is 17.3 Å². The van der Waals surface area contributed by atoms with Crippen LogP contribution >= 0.6 is 0 Å². The topological polar surface area (TPSA) is 105 Å². The maximum absolute atomic E-state index is 12.4. The predicted octanol–water partition coefficient (Wildman–Crippen LogP) is 3.20. The molecule has 0 atom stereocenters. The van der Waals surface area contributed by atoms with E-state index < -0.39 is 0 Å². The van der Waals surface area contributed by atoms with E-state index in [1.807, 2.05) is 54.6 Å². The first-order chi connectivity index (χ1) is 14.2. The molecule has 144 valence electrons. The Labute approximate surface area is 165 Å². The minimum absolute atomic E-state index is 0.0660. The van der Waals surface area contributed by atoms with Crippen LogP contribution in [0.25, 0.3) is 16.7 Å². The number of rotatable bonds is 5. The van der Waals surface area contributed by atoms with Crippen LogP contribution in [0.15, 0.2) is 65.6 Å². The number of hydrogen-bond acceptors (Lipinski definition) is 5. The average Bonchev–Trinajstić information content (AvgIpc) is 3.50. The summed E-state index contributed by atoms with van der Waals surface area (Å²) in [6, 6.07) is 16.8. The van der Waals surface area contributed by atoms with Crippen LogP contribution in [0.2, 0.25) is 0 Å². The number of para-hydroxylation sites is 1. The molecule has 0 spiro atoms. The minimum atomic E-state index is -0.270. The van der Waals surface area contributed by atoms with E-state index in [2.05, 4.69) is 25.7 Å². The fourth-order valence-corrected chi connectivity index (χ4v) is 3.10. The van der Waals surface area contributed by atoms with Crippen LogP contribution in [0.1, 0.15) is 12.8 Å². The van der Waals surface area contributed by atoms with E-state index in [4.69, 9.17) is 0 Å². The fourth-order valence-electron chi connectivity index (χ4n) is 3.10. The first kappa shape index (κ1) is 17.2. The molecule has 2 aromatic heterocycles. The Kier molecular flexibility index (Phi) is 4.09. The molecule has 1 fully saturated rings. The van der Waals surface area contributed by atoms with Gasteiger partial charge >= 0.3 is 0 Å². The van der Waals surface area contributed by atoms with E-state index in [-0.39, 0.29) is 17.4 Å². The number of benzene rings is 2. The zero-order chi connectivity index (χ0) is 19.8. The van der Waals surface area contributed by atoms with Gasteiger partial charge in [0.05, 0.1) is 11.9 Å². The molecule has 5 rings (SSSR count). The van der Waals surface area contributed by atoms with Crippen molar-refractivity contribution >= 4 is 34.3 Å². The summed E-state index contributed by atoms with van der Waals surface area (Å²) >= 11 is 0. The Balaban J connectivity index is 1.41. The van der Waals surface area contributed by atoms with Gasteiger partial charge in [0.15, 0.2) is 5.65 Å². The van der Waals surface area contributed by atoms with Gasteiger partial charge in [0.2, 0.25) is 11.9 Å². The maximum atomic E-state index is 12.4. The molecule has 0 radical (unpaired) electrons. The summed E-state index contributed by atoms with van der Waals surface area (Å²) in [7, 11) is 0. The van der Waals surface area contributed by atoms with Gasteiger partial charge in [-0.25, -0.2) is 4.68 Å². The van der Waals surface area contributed by atoms with E-state index in [1.165, 1.54) is 6.20 Å². The highest BCUT2D eigenvalue weighted by molar-refractivity contribution is 5.94. The molecule has 3 N–H and O–H groups in total. The lowest BCUT2D eigenvalue weighted by Gasteiger charge is -2.08. The van der Waals surface area contributed by atoms with Gasteiger partial charge in [-0.1, -0.05) is 18.2 Å². The van der Waals surface area contributed by atoms with Crippen LogP contribution < -0.4 is 16.2 Å². The van der Waals surface area contributed by atoms with Gasteiger partial charge in [-0.05, 0) is 49.2 Å². The van der Waals surface area contributed by atoms with Gasteiger partial charge in [-0.15, -0.1) is 0 Å². The SMILES string of the molecule is O=C(Nc1ccc(Nc2nc3c(cnn3-c3ccccc3)c(=O)[nH]2)cc1)C1CC1. The molecule has 0 aliphatic heterocycles. The smallest absolute Gasteiger partial charge is 0.263 e. The number of fused-ring (bicyclic) bond motifs is 1. The molecule has 8 heteroatoms. The number of H-pyrrole nitrogens is 1. The van der Waals surface area contributed by atoms with Crippen LogP contribution in [0.5, 0.6) is 0 Å². The van der Waals surface area contributed by atoms with Crippen molar-refractivity contribution in [3.05, 3.63) is 71.1 Å². The monoisotopic (exact) mass is 386 g/mol. The number of aromatic amines is 1. The molecule has 1 aliphatic rings. The Hall–Kier alpha value is -3.94. The van der Waals surface area contributed by atoms with Gasteiger partial charge in [0.1, 0.15) is 5.39 Å². The second-order valence-corrected chi connectivity index (χ2v) is 7.01. The number of amides is 1. The molecule has 1 saturated carbocycles. The molecule has 1 aliphatic carbocycles. The number of anilines is 3. The van der Waals surface area contributed by atoms with Crippen molar-refractivity contribution in [1.29, 1.82) is 0 Å². The number of aromatic nitrogens is 4. The highest BCUT2D eigenvalue weighted by Crippen LogP contribution is 2.30. The Morgan fingerprint density at radius 1 is 1.03 bits per heavy atom. The van der Waals surface area contributed by atoms with Crippen molar-refractivity contribution < 1.29 is 4.79 Å².